The zero-order chi connectivity index (χ0) is 9.26. The largest absolute Gasteiger partial charge is 0.370 e. The van der Waals surface area contributed by atoms with E-state index < -0.39 is 6.23 Å². The fourth-order valence-electron chi connectivity index (χ4n) is 1.44. The predicted molar refractivity (Wildman–Crippen MR) is 52.7 cm³/mol. The summed E-state index contributed by atoms with van der Waals surface area (Å²) < 4.78 is 0. The highest BCUT2D eigenvalue weighted by Crippen LogP contribution is 2.24. The Morgan fingerprint density at radius 1 is 1.23 bits per heavy atom. The van der Waals surface area contributed by atoms with Gasteiger partial charge in [0.15, 0.2) is 0 Å². The number of aliphatic hydroxyl groups excluding tert-OH is 1. The average Bonchev–Trinajstić information content (AvgIpc) is 2.47. The molecule has 0 aliphatic carbocycles. The molecule has 13 heavy (non-hydrogen) atoms. The molecule has 1 heterocycles. The van der Waals surface area contributed by atoms with E-state index in [9.17, 15) is 5.11 Å². The number of hydrogen-bond acceptors (Lipinski definition) is 2. The maximum Gasteiger partial charge on any atom is 0.144 e. The fraction of sp³-hybridized carbons (Fsp3) is 0.0909. The van der Waals surface area contributed by atoms with Crippen molar-refractivity contribution in [2.75, 3.05) is 0 Å². The second-order valence-electron chi connectivity index (χ2n) is 3.01. The summed E-state index contributed by atoms with van der Waals surface area (Å²) in [5.41, 5.74) is 2.84. The zero-order valence-electron chi connectivity index (χ0n) is 7.20. The number of allylic oxidation sites excluding steroid dienone is 1. The maximum atomic E-state index is 9.28. The van der Waals surface area contributed by atoms with Crippen molar-refractivity contribution < 1.29 is 5.11 Å². The molecule has 2 nitrogen and oxygen atoms in total. The Morgan fingerprint density at radius 2 is 1.92 bits per heavy atom. The second-order valence-corrected chi connectivity index (χ2v) is 3.01. The lowest BCUT2D eigenvalue weighted by Gasteiger charge is -2.04. The van der Waals surface area contributed by atoms with Gasteiger partial charge in [0.05, 0.1) is 0 Å². The Kier molecular flexibility index (Phi) is 1.91. The molecule has 1 unspecified atom stereocenters. The van der Waals surface area contributed by atoms with E-state index in [2.05, 4.69) is 11.9 Å². The molecule has 0 amide bonds. The van der Waals surface area contributed by atoms with Gasteiger partial charge in [-0.1, -0.05) is 36.9 Å². The van der Waals surface area contributed by atoms with E-state index in [4.69, 9.17) is 0 Å². The van der Waals surface area contributed by atoms with Crippen LogP contribution in [0.1, 0.15) is 5.56 Å². The summed E-state index contributed by atoms with van der Waals surface area (Å²) in [7, 11) is 0. The van der Waals surface area contributed by atoms with Gasteiger partial charge in [-0.3, -0.25) is 0 Å². The van der Waals surface area contributed by atoms with Gasteiger partial charge in [-0.25, -0.2) is 0 Å². The Labute approximate surface area is 77.2 Å². The topological polar surface area (TPSA) is 32.3 Å². The highest BCUT2D eigenvalue weighted by molar-refractivity contribution is 5.80. The van der Waals surface area contributed by atoms with Gasteiger partial charge in [-0.05, 0) is 11.6 Å². The number of hydrogen-bond donors (Lipinski definition) is 2. The van der Waals surface area contributed by atoms with Gasteiger partial charge in [0.25, 0.3) is 0 Å². The number of nitrogens with one attached hydrogen (secondary N) is 1. The van der Waals surface area contributed by atoms with Crippen LogP contribution in [0.2, 0.25) is 0 Å². The van der Waals surface area contributed by atoms with Crippen LogP contribution in [0.15, 0.2) is 48.7 Å². The first-order valence-corrected chi connectivity index (χ1v) is 4.18. The van der Waals surface area contributed by atoms with Crippen LogP contribution in [-0.4, -0.2) is 11.3 Å². The van der Waals surface area contributed by atoms with E-state index in [-0.39, 0.29) is 0 Å². The van der Waals surface area contributed by atoms with Crippen molar-refractivity contribution in [1.82, 2.24) is 5.32 Å². The third kappa shape index (κ3) is 1.48. The second kappa shape index (κ2) is 3.07. The van der Waals surface area contributed by atoms with Gasteiger partial charge in [-0.2, -0.15) is 0 Å². The highest BCUT2D eigenvalue weighted by atomic mass is 16.3. The van der Waals surface area contributed by atoms with E-state index in [1.165, 1.54) is 0 Å². The highest BCUT2D eigenvalue weighted by Gasteiger charge is 2.16. The number of benzene rings is 1. The van der Waals surface area contributed by atoms with Crippen molar-refractivity contribution in [2.45, 2.75) is 6.23 Å². The van der Waals surface area contributed by atoms with Crippen molar-refractivity contribution in [1.29, 1.82) is 0 Å². The van der Waals surface area contributed by atoms with E-state index >= 15 is 0 Å². The molecule has 2 rings (SSSR count). The predicted octanol–water partition coefficient (Wildman–Crippen LogP) is 1.51. The standard InChI is InChI=1S/C11H11NO/c1-8-10(7-11(13)12-8)9-5-3-2-4-6-9/h2-7,11-13H,1H2. The molecule has 1 aromatic carbocycles. The minimum absolute atomic E-state index is 0.595. The number of aliphatic hydroxyl groups is 1. The molecule has 0 spiro atoms. The third-order valence-corrected chi connectivity index (χ3v) is 2.06. The summed E-state index contributed by atoms with van der Waals surface area (Å²) in [5, 5.41) is 12.1. The summed E-state index contributed by atoms with van der Waals surface area (Å²) >= 11 is 0. The summed E-state index contributed by atoms with van der Waals surface area (Å²) in [5.74, 6) is 0. The Balaban J connectivity index is 2.37. The quantitative estimate of drug-likeness (QED) is 0.674. The van der Waals surface area contributed by atoms with Crippen LogP contribution in [0.3, 0.4) is 0 Å². The molecule has 1 atom stereocenters. The smallest absolute Gasteiger partial charge is 0.144 e. The van der Waals surface area contributed by atoms with Crippen LogP contribution in [0.4, 0.5) is 0 Å². The van der Waals surface area contributed by atoms with Crippen molar-refractivity contribution in [3.8, 4) is 0 Å². The van der Waals surface area contributed by atoms with Gasteiger partial charge in [0.1, 0.15) is 6.23 Å². The fourth-order valence-corrected chi connectivity index (χ4v) is 1.44. The first-order chi connectivity index (χ1) is 6.27. The molecular weight excluding hydrogens is 162 g/mol. The van der Waals surface area contributed by atoms with Gasteiger partial charge in [0.2, 0.25) is 0 Å². The lowest BCUT2D eigenvalue weighted by molar-refractivity contribution is 0.206. The van der Waals surface area contributed by atoms with Crippen LogP contribution in [0.5, 0.6) is 0 Å². The Bertz CT molecular complexity index is 354. The van der Waals surface area contributed by atoms with Crippen LogP contribution in [-0.2, 0) is 0 Å². The van der Waals surface area contributed by atoms with Gasteiger partial charge >= 0.3 is 0 Å². The van der Waals surface area contributed by atoms with E-state index in [0.29, 0.717) is 0 Å². The molecule has 1 aromatic rings. The van der Waals surface area contributed by atoms with Gasteiger partial charge in [0, 0.05) is 11.3 Å². The third-order valence-electron chi connectivity index (χ3n) is 2.06. The summed E-state index contributed by atoms with van der Waals surface area (Å²) in [6.45, 7) is 3.82. The average molecular weight is 173 g/mol. The van der Waals surface area contributed by atoms with E-state index in [0.717, 1.165) is 16.8 Å². The molecule has 0 aromatic heterocycles. The molecule has 0 radical (unpaired) electrons. The molecule has 66 valence electrons. The monoisotopic (exact) mass is 173 g/mol. The minimum atomic E-state index is -0.595. The molecular formula is C11H11NO. The lowest BCUT2D eigenvalue weighted by Crippen LogP contribution is -2.18. The first kappa shape index (κ1) is 8.08. The molecule has 1 aliphatic rings. The Hall–Kier alpha value is -1.54. The Morgan fingerprint density at radius 3 is 2.46 bits per heavy atom. The summed E-state index contributed by atoms with van der Waals surface area (Å²) in [6, 6.07) is 9.89. The van der Waals surface area contributed by atoms with Crippen molar-refractivity contribution in [2.24, 2.45) is 0 Å². The van der Waals surface area contributed by atoms with Crippen molar-refractivity contribution in [3.63, 3.8) is 0 Å². The van der Waals surface area contributed by atoms with Crippen LogP contribution in [0, 0.1) is 0 Å². The van der Waals surface area contributed by atoms with Gasteiger partial charge in [-0.15, -0.1) is 0 Å². The van der Waals surface area contributed by atoms with Gasteiger partial charge < -0.3 is 10.4 Å². The molecule has 0 bridgehead atoms. The van der Waals surface area contributed by atoms with E-state index in [1.54, 1.807) is 6.08 Å². The summed E-state index contributed by atoms with van der Waals surface area (Å²) in [6.07, 6.45) is 1.17. The molecule has 0 saturated carbocycles. The van der Waals surface area contributed by atoms with Crippen LogP contribution < -0.4 is 5.32 Å². The molecule has 0 saturated heterocycles. The summed E-state index contributed by atoms with van der Waals surface area (Å²) in [4.78, 5) is 0. The normalized spacial score (nSPS) is 21.2. The maximum absolute atomic E-state index is 9.28. The van der Waals surface area contributed by atoms with E-state index in [1.807, 2.05) is 30.3 Å². The van der Waals surface area contributed by atoms with Crippen molar-refractivity contribution >= 4 is 5.57 Å². The molecule has 2 N–H and O–H groups in total. The molecule has 2 heteroatoms. The van der Waals surface area contributed by atoms with Crippen molar-refractivity contribution in [3.05, 3.63) is 54.2 Å². The molecule has 0 fully saturated rings. The SMILES string of the molecule is C=C1NC(O)C=C1c1ccccc1. The molecule has 1 aliphatic heterocycles. The number of rotatable bonds is 1. The lowest BCUT2D eigenvalue weighted by atomic mass is 10.1. The minimum Gasteiger partial charge on any atom is -0.370 e. The first-order valence-electron chi connectivity index (χ1n) is 4.18. The zero-order valence-corrected chi connectivity index (χ0v) is 7.20. The van der Waals surface area contributed by atoms with Crippen LogP contribution >= 0.6 is 0 Å². The van der Waals surface area contributed by atoms with Crippen LogP contribution in [0.25, 0.3) is 5.57 Å².